The lowest BCUT2D eigenvalue weighted by Gasteiger charge is -2.11. The van der Waals surface area contributed by atoms with Gasteiger partial charge in [-0.25, -0.2) is 4.39 Å². The van der Waals surface area contributed by atoms with Crippen LogP contribution in [0.15, 0.2) is 30.3 Å². The first-order chi connectivity index (χ1) is 9.38. The molecule has 0 heterocycles. The van der Waals surface area contributed by atoms with E-state index in [1.165, 1.54) is 18.2 Å². The van der Waals surface area contributed by atoms with Crippen molar-refractivity contribution in [3.63, 3.8) is 0 Å². The van der Waals surface area contributed by atoms with Gasteiger partial charge >= 0.3 is 0 Å². The Morgan fingerprint density at radius 3 is 2.30 bits per heavy atom. The second-order valence-electron chi connectivity index (χ2n) is 5.10. The van der Waals surface area contributed by atoms with Crippen molar-refractivity contribution in [1.29, 1.82) is 0 Å². The molecule has 0 N–H and O–H groups in total. The highest BCUT2D eigenvalue weighted by Gasteiger charge is 2.15. The van der Waals surface area contributed by atoms with E-state index >= 15 is 0 Å². The number of carbonyl (C=O) groups excluding carboxylic acids is 1. The second-order valence-corrected chi connectivity index (χ2v) is 5.54. The Labute approximate surface area is 123 Å². The number of hydrogen-bond donors (Lipinski definition) is 0. The minimum absolute atomic E-state index is 0.0527. The fourth-order valence-corrected chi connectivity index (χ4v) is 2.63. The molecule has 0 aliphatic heterocycles. The van der Waals surface area contributed by atoms with Crippen molar-refractivity contribution >= 4 is 17.4 Å². The summed E-state index contributed by atoms with van der Waals surface area (Å²) in [6.07, 6.45) is 0.190. The molecule has 0 spiro atoms. The highest BCUT2D eigenvalue weighted by molar-refractivity contribution is 6.31. The zero-order chi connectivity index (χ0) is 14.9. The molecule has 0 aliphatic carbocycles. The van der Waals surface area contributed by atoms with Gasteiger partial charge in [0.15, 0.2) is 5.78 Å². The number of aryl methyl sites for hydroxylation is 3. The van der Waals surface area contributed by atoms with Gasteiger partial charge in [0.1, 0.15) is 5.82 Å². The molecule has 0 atom stereocenters. The van der Waals surface area contributed by atoms with E-state index in [2.05, 4.69) is 0 Å². The smallest absolute Gasteiger partial charge is 0.170 e. The molecule has 2 aromatic carbocycles. The van der Waals surface area contributed by atoms with Gasteiger partial charge in [-0.2, -0.15) is 0 Å². The Balaban J connectivity index is 2.35. The third-order valence-corrected chi connectivity index (χ3v) is 3.64. The number of Topliss-reactive ketones (excluding diaryl/α,β-unsaturated/α-hetero) is 1. The Bertz CT molecular complexity index is 654. The number of ketones is 1. The van der Waals surface area contributed by atoms with Gasteiger partial charge in [-0.1, -0.05) is 29.3 Å². The summed E-state index contributed by atoms with van der Waals surface area (Å²) in [4.78, 5) is 12.3. The van der Waals surface area contributed by atoms with E-state index in [0.717, 1.165) is 22.3 Å². The molecule has 0 amide bonds. The van der Waals surface area contributed by atoms with Crippen LogP contribution in [-0.4, -0.2) is 5.78 Å². The van der Waals surface area contributed by atoms with E-state index in [1.54, 1.807) is 0 Å². The SMILES string of the molecule is Cc1cc(C)c(CC(=O)c2cc(Cl)ccc2F)c(C)c1. The summed E-state index contributed by atoms with van der Waals surface area (Å²) in [5.41, 5.74) is 4.28. The van der Waals surface area contributed by atoms with E-state index in [0.29, 0.717) is 5.02 Å². The lowest BCUT2D eigenvalue weighted by Crippen LogP contribution is -2.09. The first-order valence-corrected chi connectivity index (χ1v) is 6.81. The molecular weight excluding hydrogens is 275 g/mol. The summed E-state index contributed by atoms with van der Waals surface area (Å²) < 4.78 is 13.7. The molecule has 0 radical (unpaired) electrons. The Hall–Kier alpha value is -1.67. The van der Waals surface area contributed by atoms with Crippen LogP contribution in [0.3, 0.4) is 0 Å². The van der Waals surface area contributed by atoms with Crippen molar-refractivity contribution < 1.29 is 9.18 Å². The lowest BCUT2D eigenvalue weighted by molar-refractivity contribution is 0.0988. The minimum atomic E-state index is -0.526. The topological polar surface area (TPSA) is 17.1 Å². The van der Waals surface area contributed by atoms with E-state index in [1.807, 2.05) is 32.9 Å². The van der Waals surface area contributed by atoms with Crippen molar-refractivity contribution in [3.8, 4) is 0 Å². The van der Waals surface area contributed by atoms with Crippen LogP contribution in [0.25, 0.3) is 0 Å². The minimum Gasteiger partial charge on any atom is -0.294 e. The first-order valence-electron chi connectivity index (χ1n) is 6.43. The number of carbonyl (C=O) groups is 1. The zero-order valence-electron chi connectivity index (χ0n) is 11.8. The summed E-state index contributed by atoms with van der Waals surface area (Å²) in [6, 6.07) is 8.12. The van der Waals surface area contributed by atoms with E-state index in [9.17, 15) is 9.18 Å². The standard InChI is InChI=1S/C17H16ClFO/c1-10-6-11(2)14(12(3)7-10)9-17(20)15-8-13(18)4-5-16(15)19/h4-8H,9H2,1-3H3. The molecule has 2 rings (SSSR count). The van der Waals surface area contributed by atoms with Gasteiger partial charge in [0, 0.05) is 11.4 Å². The fourth-order valence-electron chi connectivity index (χ4n) is 2.46. The fraction of sp³-hybridized carbons (Fsp3) is 0.235. The molecule has 0 aliphatic rings. The van der Waals surface area contributed by atoms with Crippen LogP contribution < -0.4 is 0 Å². The largest absolute Gasteiger partial charge is 0.294 e. The van der Waals surface area contributed by atoms with Crippen LogP contribution in [0.1, 0.15) is 32.6 Å². The monoisotopic (exact) mass is 290 g/mol. The van der Waals surface area contributed by atoms with Crippen LogP contribution in [0.5, 0.6) is 0 Å². The van der Waals surface area contributed by atoms with E-state index < -0.39 is 5.82 Å². The lowest BCUT2D eigenvalue weighted by atomic mass is 9.94. The summed E-state index contributed by atoms with van der Waals surface area (Å²) in [5.74, 6) is -0.776. The van der Waals surface area contributed by atoms with Gasteiger partial charge in [-0.05, 0) is 55.7 Å². The maximum absolute atomic E-state index is 13.7. The highest BCUT2D eigenvalue weighted by Crippen LogP contribution is 2.21. The third kappa shape index (κ3) is 3.07. The first kappa shape index (κ1) is 14.7. The zero-order valence-corrected chi connectivity index (χ0v) is 12.5. The molecule has 0 aromatic heterocycles. The van der Waals surface area contributed by atoms with Gasteiger partial charge in [0.05, 0.1) is 5.56 Å². The van der Waals surface area contributed by atoms with Crippen LogP contribution in [0.2, 0.25) is 5.02 Å². The van der Waals surface area contributed by atoms with Gasteiger partial charge in [-0.15, -0.1) is 0 Å². The summed E-state index contributed by atoms with van der Waals surface area (Å²) in [7, 11) is 0. The Kier molecular flexibility index (Phi) is 4.24. The number of rotatable bonds is 3. The third-order valence-electron chi connectivity index (χ3n) is 3.41. The molecule has 0 fully saturated rings. The molecule has 0 bridgehead atoms. The van der Waals surface area contributed by atoms with Crippen molar-refractivity contribution in [2.24, 2.45) is 0 Å². The Morgan fingerprint density at radius 2 is 1.70 bits per heavy atom. The normalized spacial score (nSPS) is 10.7. The molecule has 3 heteroatoms. The second kappa shape index (κ2) is 5.76. The van der Waals surface area contributed by atoms with Gasteiger partial charge in [0.2, 0.25) is 0 Å². The van der Waals surface area contributed by atoms with E-state index in [4.69, 9.17) is 11.6 Å². The highest BCUT2D eigenvalue weighted by atomic mass is 35.5. The van der Waals surface area contributed by atoms with Gasteiger partial charge < -0.3 is 0 Å². The number of hydrogen-bond acceptors (Lipinski definition) is 1. The quantitative estimate of drug-likeness (QED) is 0.740. The van der Waals surface area contributed by atoms with Crippen molar-refractivity contribution in [2.75, 3.05) is 0 Å². The average Bonchev–Trinajstić information content (AvgIpc) is 2.36. The summed E-state index contributed by atoms with van der Waals surface area (Å²) in [5, 5.41) is 0.368. The van der Waals surface area contributed by atoms with Crippen molar-refractivity contribution in [2.45, 2.75) is 27.2 Å². The van der Waals surface area contributed by atoms with Crippen molar-refractivity contribution in [3.05, 3.63) is 69.0 Å². The predicted octanol–water partition coefficient (Wildman–Crippen LogP) is 4.83. The predicted molar refractivity (Wildman–Crippen MR) is 80.1 cm³/mol. The number of halogens is 2. The van der Waals surface area contributed by atoms with Crippen LogP contribution in [0.4, 0.5) is 4.39 Å². The Morgan fingerprint density at radius 1 is 1.10 bits per heavy atom. The number of benzene rings is 2. The molecule has 0 unspecified atom stereocenters. The molecular formula is C17H16ClFO. The van der Waals surface area contributed by atoms with Gasteiger partial charge in [-0.3, -0.25) is 4.79 Å². The van der Waals surface area contributed by atoms with Gasteiger partial charge in [0.25, 0.3) is 0 Å². The molecule has 2 aromatic rings. The maximum Gasteiger partial charge on any atom is 0.170 e. The van der Waals surface area contributed by atoms with Crippen molar-refractivity contribution in [1.82, 2.24) is 0 Å². The van der Waals surface area contributed by atoms with Crippen LogP contribution in [0, 0.1) is 26.6 Å². The molecule has 0 saturated heterocycles. The molecule has 104 valence electrons. The maximum atomic E-state index is 13.7. The van der Waals surface area contributed by atoms with Crippen LogP contribution >= 0.6 is 11.6 Å². The average molecular weight is 291 g/mol. The molecule has 1 nitrogen and oxygen atoms in total. The summed E-state index contributed by atoms with van der Waals surface area (Å²) in [6.45, 7) is 5.95. The molecule has 0 saturated carbocycles. The molecule has 20 heavy (non-hydrogen) atoms. The van der Waals surface area contributed by atoms with E-state index in [-0.39, 0.29) is 17.8 Å². The van der Waals surface area contributed by atoms with Crippen LogP contribution in [-0.2, 0) is 6.42 Å². The summed E-state index contributed by atoms with van der Waals surface area (Å²) >= 11 is 5.83.